The van der Waals surface area contributed by atoms with Crippen molar-refractivity contribution in [2.24, 2.45) is 23.7 Å². The zero-order valence-corrected chi connectivity index (χ0v) is 22.3. The molecule has 0 heterocycles. The van der Waals surface area contributed by atoms with Crippen LogP contribution in [0, 0.1) is 23.7 Å². The van der Waals surface area contributed by atoms with Gasteiger partial charge in [-0.15, -0.1) is 0 Å². The molecule has 0 rings (SSSR count). The van der Waals surface area contributed by atoms with E-state index in [1.165, 1.54) is 38.0 Å². The van der Waals surface area contributed by atoms with Crippen molar-refractivity contribution in [2.75, 3.05) is 46.4 Å². The summed E-state index contributed by atoms with van der Waals surface area (Å²) in [6.45, 7) is 22.2. The molecule has 0 fully saturated rings. The second kappa shape index (κ2) is 28.5. The zero-order chi connectivity index (χ0) is 22.3. The highest BCUT2D eigenvalue weighted by atomic mass is 32.2. The van der Waals surface area contributed by atoms with Gasteiger partial charge in [0, 0.05) is 13.7 Å². The van der Waals surface area contributed by atoms with E-state index in [1.54, 1.807) is 7.11 Å². The summed E-state index contributed by atoms with van der Waals surface area (Å²) in [6.07, 6.45) is 7.31. The van der Waals surface area contributed by atoms with E-state index in [9.17, 15) is 0 Å². The van der Waals surface area contributed by atoms with E-state index in [4.69, 9.17) is 4.74 Å². The van der Waals surface area contributed by atoms with Gasteiger partial charge < -0.3 is 9.64 Å². The topological polar surface area (TPSA) is 12.5 Å². The average Bonchev–Trinajstić information content (AvgIpc) is 2.57. The third-order valence-corrected chi connectivity index (χ3v) is 4.41. The van der Waals surface area contributed by atoms with Gasteiger partial charge >= 0.3 is 0 Å². The van der Waals surface area contributed by atoms with Gasteiger partial charge in [0.2, 0.25) is 0 Å². The van der Waals surface area contributed by atoms with E-state index < -0.39 is 0 Å². The highest BCUT2D eigenvalue weighted by Gasteiger charge is 1.93. The number of hydrogen-bond donors (Lipinski definition) is 0. The molecule has 0 saturated heterocycles. The molecule has 0 amide bonds. The Morgan fingerprint density at radius 3 is 1.26 bits per heavy atom. The zero-order valence-electron chi connectivity index (χ0n) is 21.5. The van der Waals surface area contributed by atoms with E-state index in [1.807, 2.05) is 11.8 Å². The summed E-state index contributed by atoms with van der Waals surface area (Å²) >= 11 is 1.93. The normalized spacial score (nSPS) is 10.4. The van der Waals surface area contributed by atoms with E-state index in [2.05, 4.69) is 87.6 Å². The van der Waals surface area contributed by atoms with E-state index in [0.29, 0.717) is 0 Å². The van der Waals surface area contributed by atoms with Crippen LogP contribution in [-0.2, 0) is 4.74 Å². The van der Waals surface area contributed by atoms with Crippen molar-refractivity contribution in [1.29, 1.82) is 0 Å². The second-order valence-electron chi connectivity index (χ2n) is 9.14. The monoisotopic (exact) mass is 407 g/mol. The van der Waals surface area contributed by atoms with Crippen molar-refractivity contribution >= 4 is 11.8 Å². The summed E-state index contributed by atoms with van der Waals surface area (Å²) in [5.41, 5.74) is 0. The van der Waals surface area contributed by atoms with E-state index in [0.717, 1.165) is 30.3 Å². The molecule has 2 nitrogen and oxygen atoms in total. The fourth-order valence-corrected chi connectivity index (χ4v) is 1.93. The number of rotatable bonds is 10. The first-order chi connectivity index (χ1) is 12.4. The Morgan fingerprint density at radius 1 is 0.741 bits per heavy atom. The molecular weight excluding hydrogens is 350 g/mol. The summed E-state index contributed by atoms with van der Waals surface area (Å²) in [7, 11) is 5.97. The molecule has 170 valence electrons. The number of thioether (sulfide) groups is 1. The Kier molecular flexibility index (Phi) is 36.7. The Balaban J connectivity index is -0.000000132. The van der Waals surface area contributed by atoms with Gasteiger partial charge in [-0.25, -0.2) is 0 Å². The minimum Gasteiger partial charge on any atom is -0.385 e. The third kappa shape index (κ3) is 66.4. The minimum absolute atomic E-state index is 0.778. The number of nitrogens with zero attached hydrogens (tertiary/aromatic N) is 1. The maximum atomic E-state index is 4.85. The molecule has 0 aromatic heterocycles. The van der Waals surface area contributed by atoms with Crippen LogP contribution in [0.15, 0.2) is 0 Å². The van der Waals surface area contributed by atoms with Crippen LogP contribution < -0.4 is 0 Å². The number of methoxy groups -OCH3 is 1. The first-order valence-corrected chi connectivity index (χ1v) is 12.5. The van der Waals surface area contributed by atoms with Gasteiger partial charge in [-0.2, -0.15) is 11.8 Å². The Labute approximate surface area is 179 Å². The van der Waals surface area contributed by atoms with Crippen LogP contribution in [0.25, 0.3) is 0 Å². The molecule has 0 N–H and O–H groups in total. The van der Waals surface area contributed by atoms with Gasteiger partial charge in [0.05, 0.1) is 0 Å². The second-order valence-corrected chi connectivity index (χ2v) is 10.1. The van der Waals surface area contributed by atoms with Gasteiger partial charge in [0.15, 0.2) is 0 Å². The summed E-state index contributed by atoms with van der Waals surface area (Å²) in [5.74, 6) is 4.71. The van der Waals surface area contributed by atoms with Crippen molar-refractivity contribution in [3.63, 3.8) is 0 Å². The summed E-state index contributed by atoms with van der Waals surface area (Å²) in [4.78, 5) is 2.22. The van der Waals surface area contributed by atoms with Crippen LogP contribution >= 0.6 is 11.8 Å². The van der Waals surface area contributed by atoms with Crippen LogP contribution in [0.2, 0.25) is 0 Å². The highest BCUT2D eigenvalue weighted by Crippen LogP contribution is 2.04. The first kappa shape index (κ1) is 34.8. The maximum absolute atomic E-state index is 4.85. The molecule has 0 atom stereocenters. The molecule has 0 bridgehead atoms. The lowest BCUT2D eigenvalue weighted by atomic mass is 10.1. The number of ether oxygens (including phenoxy) is 1. The third-order valence-electron chi connectivity index (χ3n) is 3.77. The molecule has 0 unspecified atom stereocenters. The van der Waals surface area contributed by atoms with Crippen LogP contribution in [-0.4, -0.2) is 51.3 Å². The van der Waals surface area contributed by atoms with Gasteiger partial charge in [-0.05, 0) is 75.6 Å². The molecule has 3 heteroatoms. The van der Waals surface area contributed by atoms with Crippen molar-refractivity contribution in [1.82, 2.24) is 4.90 Å². The van der Waals surface area contributed by atoms with Crippen molar-refractivity contribution < 1.29 is 4.74 Å². The van der Waals surface area contributed by atoms with Crippen LogP contribution in [0.1, 0.15) is 88.0 Å². The Bertz CT molecular complexity index is 208. The molecule has 0 spiro atoms. The molecule has 0 radical (unpaired) electrons. The molecule has 0 saturated carbocycles. The fourth-order valence-electron chi connectivity index (χ4n) is 1.22. The van der Waals surface area contributed by atoms with Gasteiger partial charge in [-0.1, -0.05) is 68.7 Å². The SMILES string of the molecule is CC(C)CCN(C)C.CCC(C)C.COCCC(C)C.CSCCC(C)C. The average molecular weight is 408 g/mol. The van der Waals surface area contributed by atoms with Crippen LogP contribution in [0.4, 0.5) is 0 Å². The summed E-state index contributed by atoms with van der Waals surface area (Å²) in [5, 5.41) is 0. The molecule has 0 aliphatic heterocycles. The molecule has 0 aromatic carbocycles. The summed E-state index contributed by atoms with van der Waals surface area (Å²) < 4.78 is 4.85. The quantitative estimate of drug-likeness (QED) is 0.368. The number of hydrogen-bond acceptors (Lipinski definition) is 3. The van der Waals surface area contributed by atoms with Crippen molar-refractivity contribution in [3.05, 3.63) is 0 Å². The molecule has 27 heavy (non-hydrogen) atoms. The summed E-state index contributed by atoms with van der Waals surface area (Å²) in [6, 6.07) is 0. The van der Waals surface area contributed by atoms with Gasteiger partial charge in [0.25, 0.3) is 0 Å². The van der Waals surface area contributed by atoms with Crippen LogP contribution in [0.5, 0.6) is 0 Å². The standard InChI is InChI=1S/C7H17N.C6H14O.C6H14S.C5H12/c1-7(2)5-6-8(3)4;2*1-6(2)4-5-7-3;1-4-5(2)3/h7H,5-6H2,1-4H3;2*6H,4-5H2,1-3H3;5H,4H2,1-3H3. The largest absolute Gasteiger partial charge is 0.385 e. The first-order valence-electron chi connectivity index (χ1n) is 11.1. The maximum Gasteiger partial charge on any atom is 0.0464 e. The lowest BCUT2D eigenvalue weighted by Gasteiger charge is -2.10. The minimum atomic E-state index is 0.778. The molecule has 0 aliphatic carbocycles. The van der Waals surface area contributed by atoms with Crippen molar-refractivity contribution in [3.8, 4) is 0 Å². The Hall–Kier alpha value is 0.270. The predicted molar refractivity (Wildman–Crippen MR) is 132 cm³/mol. The van der Waals surface area contributed by atoms with E-state index >= 15 is 0 Å². The molecule has 0 aromatic rings. The fraction of sp³-hybridized carbons (Fsp3) is 1.00. The highest BCUT2D eigenvalue weighted by molar-refractivity contribution is 7.98. The Morgan fingerprint density at radius 2 is 1.15 bits per heavy atom. The van der Waals surface area contributed by atoms with Crippen molar-refractivity contribution in [2.45, 2.75) is 88.0 Å². The van der Waals surface area contributed by atoms with Gasteiger partial charge in [0.1, 0.15) is 0 Å². The predicted octanol–water partition coefficient (Wildman–Crippen LogP) is 7.72. The smallest absolute Gasteiger partial charge is 0.0464 e. The lowest BCUT2D eigenvalue weighted by molar-refractivity contribution is 0.183. The van der Waals surface area contributed by atoms with Gasteiger partial charge in [-0.3, -0.25) is 0 Å². The lowest BCUT2D eigenvalue weighted by Crippen LogP contribution is -2.14. The molecular formula is C24H57NOS. The molecule has 0 aliphatic rings. The van der Waals surface area contributed by atoms with Crippen LogP contribution in [0.3, 0.4) is 0 Å². The van der Waals surface area contributed by atoms with E-state index in [-0.39, 0.29) is 0 Å².